The van der Waals surface area contributed by atoms with E-state index in [-0.39, 0.29) is 15.9 Å². The Morgan fingerprint density at radius 1 is 1.46 bits per heavy atom. The second-order valence-corrected chi connectivity index (χ2v) is 6.59. The topological polar surface area (TPSA) is 71.5 Å². The van der Waals surface area contributed by atoms with E-state index in [4.69, 9.17) is 11.6 Å². The number of aryl methyl sites for hydroxylation is 1. The predicted molar refractivity (Wildman–Crippen MR) is 94.5 cm³/mol. The van der Waals surface area contributed by atoms with Crippen molar-refractivity contribution in [3.63, 3.8) is 0 Å². The summed E-state index contributed by atoms with van der Waals surface area (Å²) >= 11 is 7.11. The molecule has 0 atom stereocenters. The van der Waals surface area contributed by atoms with E-state index in [1.54, 1.807) is 4.90 Å². The third kappa shape index (κ3) is 3.09. The third-order valence-electron chi connectivity index (χ3n) is 3.80. The highest BCUT2D eigenvalue weighted by molar-refractivity contribution is 7.18. The Morgan fingerprint density at radius 2 is 2.25 bits per heavy atom. The number of hydrogen-bond donors (Lipinski definition) is 1. The second kappa shape index (κ2) is 6.78. The molecule has 0 saturated heterocycles. The molecule has 0 aliphatic carbocycles. The summed E-state index contributed by atoms with van der Waals surface area (Å²) in [4.78, 5) is 29.7. The van der Waals surface area contributed by atoms with Crippen molar-refractivity contribution in [2.45, 2.75) is 19.8 Å². The Hall–Kier alpha value is -2.12. The van der Waals surface area contributed by atoms with Gasteiger partial charge in [0.2, 0.25) is 5.91 Å². The standard InChI is InChI=1S/C16H16ClN3O3S/c1-3-20-11-6-5-10(8-9(11)4-7-12(20)21)18-16-19-14(17)13(24-16)15(22)23-2/h5-6,8H,3-4,7H2,1-2H3,(H,18,19). The maximum atomic E-state index is 11.9. The summed E-state index contributed by atoms with van der Waals surface area (Å²) < 4.78 is 4.67. The molecule has 0 radical (unpaired) electrons. The van der Waals surface area contributed by atoms with Gasteiger partial charge >= 0.3 is 5.97 Å². The monoisotopic (exact) mass is 365 g/mol. The number of thiazole rings is 1. The number of ether oxygens (including phenoxy) is 1. The third-order valence-corrected chi connectivity index (χ3v) is 5.14. The fourth-order valence-corrected chi connectivity index (χ4v) is 3.80. The van der Waals surface area contributed by atoms with Gasteiger partial charge in [-0.3, -0.25) is 4.79 Å². The van der Waals surface area contributed by atoms with Crippen LogP contribution < -0.4 is 10.2 Å². The quantitative estimate of drug-likeness (QED) is 0.838. The summed E-state index contributed by atoms with van der Waals surface area (Å²) in [5.74, 6) is -0.353. The number of nitrogens with one attached hydrogen (secondary N) is 1. The normalized spacial score (nSPS) is 13.6. The molecular formula is C16H16ClN3O3S. The number of carbonyl (C=O) groups is 2. The van der Waals surface area contributed by atoms with Gasteiger partial charge in [0.05, 0.1) is 7.11 Å². The van der Waals surface area contributed by atoms with Gasteiger partial charge in [-0.2, -0.15) is 0 Å². The summed E-state index contributed by atoms with van der Waals surface area (Å²) in [6.07, 6.45) is 1.23. The van der Waals surface area contributed by atoms with E-state index in [2.05, 4.69) is 15.0 Å². The molecule has 8 heteroatoms. The summed E-state index contributed by atoms with van der Waals surface area (Å²) in [7, 11) is 1.30. The molecule has 0 saturated carbocycles. The smallest absolute Gasteiger partial charge is 0.351 e. The Morgan fingerprint density at radius 3 is 2.96 bits per heavy atom. The maximum Gasteiger partial charge on any atom is 0.351 e. The lowest BCUT2D eigenvalue weighted by molar-refractivity contribution is -0.118. The van der Waals surface area contributed by atoms with Crippen LogP contribution in [-0.4, -0.2) is 30.5 Å². The predicted octanol–water partition coefficient (Wildman–Crippen LogP) is 3.63. The van der Waals surface area contributed by atoms with Crippen molar-refractivity contribution in [2.75, 3.05) is 23.9 Å². The molecule has 0 unspecified atom stereocenters. The van der Waals surface area contributed by atoms with E-state index in [0.717, 1.165) is 28.3 Å². The lowest BCUT2D eigenvalue weighted by atomic mass is 10.0. The number of methoxy groups -OCH3 is 1. The van der Waals surface area contributed by atoms with Crippen molar-refractivity contribution in [3.8, 4) is 0 Å². The Balaban J connectivity index is 1.85. The van der Waals surface area contributed by atoms with Crippen LogP contribution in [0.2, 0.25) is 5.15 Å². The van der Waals surface area contributed by atoms with Crippen LogP contribution in [0.4, 0.5) is 16.5 Å². The number of aromatic nitrogens is 1. The highest BCUT2D eigenvalue weighted by Crippen LogP contribution is 2.33. The van der Waals surface area contributed by atoms with Gasteiger partial charge in [0.1, 0.15) is 0 Å². The molecule has 1 aromatic heterocycles. The maximum absolute atomic E-state index is 11.9. The van der Waals surface area contributed by atoms with Crippen molar-refractivity contribution in [1.29, 1.82) is 0 Å². The first-order valence-corrected chi connectivity index (χ1v) is 8.68. The Bertz CT molecular complexity index is 806. The first-order valence-electron chi connectivity index (χ1n) is 7.48. The molecule has 1 N–H and O–H groups in total. The summed E-state index contributed by atoms with van der Waals surface area (Å²) in [5, 5.41) is 3.78. The Kier molecular flexibility index (Phi) is 4.73. The lowest BCUT2D eigenvalue weighted by Gasteiger charge is -2.28. The number of anilines is 3. The summed E-state index contributed by atoms with van der Waals surface area (Å²) in [5.41, 5.74) is 2.89. The van der Waals surface area contributed by atoms with Gasteiger partial charge in [0.25, 0.3) is 0 Å². The molecule has 1 aliphatic heterocycles. The van der Waals surface area contributed by atoms with Crippen LogP contribution in [0.1, 0.15) is 28.6 Å². The summed E-state index contributed by atoms with van der Waals surface area (Å²) in [6, 6.07) is 5.80. The summed E-state index contributed by atoms with van der Waals surface area (Å²) in [6.45, 7) is 2.62. The molecule has 1 aliphatic rings. The van der Waals surface area contributed by atoms with E-state index < -0.39 is 5.97 Å². The lowest BCUT2D eigenvalue weighted by Crippen LogP contribution is -2.34. The molecule has 2 aromatic rings. The van der Waals surface area contributed by atoms with Crippen molar-refractivity contribution in [3.05, 3.63) is 33.8 Å². The SMILES string of the molecule is CCN1C(=O)CCc2cc(Nc3nc(Cl)c(C(=O)OC)s3)ccc21. The number of amides is 1. The van der Waals surface area contributed by atoms with Crippen molar-refractivity contribution < 1.29 is 14.3 Å². The van der Waals surface area contributed by atoms with Gasteiger partial charge in [-0.05, 0) is 37.1 Å². The van der Waals surface area contributed by atoms with Crippen molar-refractivity contribution in [1.82, 2.24) is 4.98 Å². The van der Waals surface area contributed by atoms with Gasteiger partial charge in [0.15, 0.2) is 15.2 Å². The molecule has 2 heterocycles. The number of rotatable bonds is 4. The molecule has 1 amide bonds. The number of fused-ring (bicyclic) bond motifs is 1. The zero-order chi connectivity index (χ0) is 17.3. The van der Waals surface area contributed by atoms with Crippen LogP contribution in [0.15, 0.2) is 18.2 Å². The zero-order valence-corrected chi connectivity index (χ0v) is 14.8. The van der Waals surface area contributed by atoms with Crippen LogP contribution >= 0.6 is 22.9 Å². The highest BCUT2D eigenvalue weighted by atomic mass is 35.5. The van der Waals surface area contributed by atoms with Crippen LogP contribution in [0.5, 0.6) is 0 Å². The number of benzene rings is 1. The van der Waals surface area contributed by atoms with Crippen LogP contribution in [0.3, 0.4) is 0 Å². The fraction of sp³-hybridized carbons (Fsp3) is 0.312. The minimum atomic E-state index is -0.506. The largest absolute Gasteiger partial charge is 0.465 e. The van der Waals surface area contributed by atoms with Crippen LogP contribution in [0.25, 0.3) is 0 Å². The number of nitrogens with zero attached hydrogens (tertiary/aromatic N) is 2. The zero-order valence-electron chi connectivity index (χ0n) is 13.3. The molecule has 0 spiro atoms. The first kappa shape index (κ1) is 16.7. The number of carbonyl (C=O) groups excluding carboxylic acids is 2. The molecule has 0 bridgehead atoms. The highest BCUT2D eigenvalue weighted by Gasteiger charge is 2.23. The minimum Gasteiger partial charge on any atom is -0.465 e. The number of esters is 1. The van der Waals surface area contributed by atoms with Gasteiger partial charge in [-0.1, -0.05) is 22.9 Å². The molecule has 3 rings (SSSR count). The first-order chi connectivity index (χ1) is 11.5. The van der Waals surface area contributed by atoms with Crippen LogP contribution in [-0.2, 0) is 16.0 Å². The Labute approximate surface area is 148 Å². The molecule has 6 nitrogen and oxygen atoms in total. The average molecular weight is 366 g/mol. The molecule has 0 fully saturated rings. The second-order valence-electron chi connectivity index (χ2n) is 5.24. The van der Waals surface area contributed by atoms with Crippen molar-refractivity contribution >= 4 is 51.3 Å². The fourth-order valence-electron chi connectivity index (χ4n) is 2.68. The van der Waals surface area contributed by atoms with Gasteiger partial charge < -0.3 is 15.0 Å². The van der Waals surface area contributed by atoms with E-state index in [1.807, 2.05) is 25.1 Å². The van der Waals surface area contributed by atoms with E-state index in [9.17, 15) is 9.59 Å². The van der Waals surface area contributed by atoms with E-state index in [1.165, 1.54) is 7.11 Å². The molecular weight excluding hydrogens is 350 g/mol. The molecule has 24 heavy (non-hydrogen) atoms. The van der Waals surface area contributed by atoms with Gasteiger partial charge in [-0.25, -0.2) is 9.78 Å². The average Bonchev–Trinajstić information content (AvgIpc) is 2.94. The number of halogens is 1. The number of hydrogen-bond acceptors (Lipinski definition) is 6. The van der Waals surface area contributed by atoms with Gasteiger partial charge in [-0.15, -0.1) is 0 Å². The van der Waals surface area contributed by atoms with Gasteiger partial charge in [0, 0.05) is 24.3 Å². The molecule has 1 aromatic carbocycles. The minimum absolute atomic E-state index is 0.120. The molecule has 126 valence electrons. The van der Waals surface area contributed by atoms with E-state index in [0.29, 0.717) is 24.5 Å². The van der Waals surface area contributed by atoms with Crippen LogP contribution in [0, 0.1) is 0 Å². The van der Waals surface area contributed by atoms with Crippen molar-refractivity contribution in [2.24, 2.45) is 0 Å². The van der Waals surface area contributed by atoms with E-state index >= 15 is 0 Å².